The molecule has 0 radical (unpaired) electrons. The van der Waals surface area contributed by atoms with Gasteiger partial charge >= 0.3 is 0 Å². The van der Waals surface area contributed by atoms with Crippen LogP contribution in [0.25, 0.3) is 0 Å². The van der Waals surface area contributed by atoms with Gasteiger partial charge in [0.05, 0.1) is 0 Å². The molecule has 152 valence electrons. The summed E-state index contributed by atoms with van der Waals surface area (Å²) in [6.07, 6.45) is 23.8. The minimum Gasteiger partial charge on any atom is -0.382 e. The van der Waals surface area contributed by atoms with E-state index < -0.39 is 0 Å². The monoisotopic (exact) mass is 356 g/mol. The molecule has 0 aliphatic rings. The zero-order valence-corrected chi connectivity index (χ0v) is 17.7. The molecule has 0 aliphatic carbocycles. The summed E-state index contributed by atoms with van der Waals surface area (Å²) in [6.45, 7) is 7.79. The van der Waals surface area contributed by atoms with Crippen molar-refractivity contribution in [2.45, 2.75) is 123 Å². The lowest BCUT2D eigenvalue weighted by Gasteiger charge is -2.05. The van der Waals surface area contributed by atoms with E-state index in [1.54, 1.807) is 0 Å². The third kappa shape index (κ3) is 23.9. The Morgan fingerprint density at radius 3 is 1.16 bits per heavy atom. The minimum absolute atomic E-state index is 0.819. The summed E-state index contributed by atoms with van der Waals surface area (Å²) in [6, 6.07) is 0. The molecule has 0 aliphatic heterocycles. The first-order valence-corrected chi connectivity index (χ1v) is 11.6. The van der Waals surface area contributed by atoms with Crippen molar-refractivity contribution in [3.05, 3.63) is 0 Å². The second-order valence-electron chi connectivity index (χ2n) is 7.47. The zero-order valence-electron chi connectivity index (χ0n) is 17.7. The molecule has 0 saturated heterocycles. The molecule has 0 rings (SSSR count). The molecular formula is C23H48O2. The zero-order chi connectivity index (χ0) is 18.3. The van der Waals surface area contributed by atoms with Crippen LogP contribution in [0.4, 0.5) is 0 Å². The lowest BCUT2D eigenvalue weighted by molar-refractivity contribution is 0.0860. The molecule has 0 heterocycles. The largest absolute Gasteiger partial charge is 0.382 e. The summed E-state index contributed by atoms with van der Waals surface area (Å²) in [4.78, 5) is 0. The van der Waals surface area contributed by atoms with Crippen molar-refractivity contribution in [3.63, 3.8) is 0 Å². The fourth-order valence-corrected chi connectivity index (χ4v) is 3.26. The number of unbranched alkanes of at least 4 members (excludes halogenated alkanes) is 15. The Bertz CT molecular complexity index is 196. The molecule has 0 aromatic rings. The van der Waals surface area contributed by atoms with Crippen molar-refractivity contribution in [2.75, 3.05) is 26.4 Å². The summed E-state index contributed by atoms with van der Waals surface area (Å²) in [5.74, 6) is 0. The van der Waals surface area contributed by atoms with Crippen molar-refractivity contribution in [2.24, 2.45) is 0 Å². The lowest BCUT2D eigenvalue weighted by atomic mass is 10.0. The molecule has 0 amide bonds. The Morgan fingerprint density at radius 2 is 0.720 bits per heavy atom. The first-order valence-electron chi connectivity index (χ1n) is 11.6. The van der Waals surface area contributed by atoms with Gasteiger partial charge in [0.1, 0.15) is 0 Å². The second-order valence-corrected chi connectivity index (χ2v) is 7.47. The Balaban J connectivity index is 2.94. The van der Waals surface area contributed by atoms with E-state index in [4.69, 9.17) is 9.47 Å². The first-order chi connectivity index (χ1) is 12.4. The molecule has 0 atom stereocenters. The van der Waals surface area contributed by atoms with Gasteiger partial charge in [-0.1, -0.05) is 103 Å². The van der Waals surface area contributed by atoms with Crippen LogP contribution in [0.15, 0.2) is 0 Å². The molecule has 0 N–H and O–H groups in total. The van der Waals surface area contributed by atoms with Crippen LogP contribution in [0.2, 0.25) is 0 Å². The summed E-state index contributed by atoms with van der Waals surface area (Å²) in [7, 11) is 0. The number of hydrogen-bond acceptors (Lipinski definition) is 2. The van der Waals surface area contributed by atoms with Gasteiger partial charge in [0.25, 0.3) is 0 Å². The van der Waals surface area contributed by atoms with Crippen LogP contribution in [0.5, 0.6) is 0 Å². The average Bonchev–Trinajstić information content (AvgIpc) is 2.63. The van der Waals surface area contributed by atoms with Crippen molar-refractivity contribution in [1.29, 1.82) is 0 Å². The number of rotatable bonds is 22. The van der Waals surface area contributed by atoms with Gasteiger partial charge in [-0.2, -0.15) is 0 Å². The Morgan fingerprint density at radius 1 is 0.360 bits per heavy atom. The standard InChI is InChI=1S/C23H48O2/c1-3-5-6-7-8-9-10-11-12-13-14-15-16-17-18-19-21-25-23-20-22-24-4-2/h3-23H2,1-2H3. The molecule has 25 heavy (non-hydrogen) atoms. The van der Waals surface area contributed by atoms with Crippen LogP contribution >= 0.6 is 0 Å². The van der Waals surface area contributed by atoms with E-state index >= 15 is 0 Å². The highest BCUT2D eigenvalue weighted by Crippen LogP contribution is 2.13. The van der Waals surface area contributed by atoms with E-state index in [-0.39, 0.29) is 0 Å². The van der Waals surface area contributed by atoms with Gasteiger partial charge in [0, 0.05) is 26.4 Å². The molecule has 2 heteroatoms. The highest BCUT2D eigenvalue weighted by atomic mass is 16.5. The maximum atomic E-state index is 5.62. The first kappa shape index (κ1) is 24.9. The third-order valence-electron chi connectivity index (χ3n) is 4.92. The Kier molecular flexibility index (Phi) is 23.8. The summed E-state index contributed by atoms with van der Waals surface area (Å²) in [5.41, 5.74) is 0. The lowest BCUT2D eigenvalue weighted by Crippen LogP contribution is -2.01. The molecular weight excluding hydrogens is 308 g/mol. The van der Waals surface area contributed by atoms with E-state index in [9.17, 15) is 0 Å². The third-order valence-corrected chi connectivity index (χ3v) is 4.92. The van der Waals surface area contributed by atoms with Crippen molar-refractivity contribution < 1.29 is 9.47 Å². The minimum atomic E-state index is 0.819. The molecule has 2 nitrogen and oxygen atoms in total. The van der Waals surface area contributed by atoms with Gasteiger partial charge in [-0.15, -0.1) is 0 Å². The molecule has 0 bridgehead atoms. The molecule has 0 spiro atoms. The van der Waals surface area contributed by atoms with Gasteiger partial charge in [0.2, 0.25) is 0 Å². The summed E-state index contributed by atoms with van der Waals surface area (Å²) < 4.78 is 10.9. The van der Waals surface area contributed by atoms with Crippen LogP contribution in [0.3, 0.4) is 0 Å². The second kappa shape index (κ2) is 23.9. The van der Waals surface area contributed by atoms with Crippen LogP contribution in [-0.4, -0.2) is 26.4 Å². The highest BCUT2D eigenvalue weighted by Gasteiger charge is 1.95. The van der Waals surface area contributed by atoms with Gasteiger partial charge in [0.15, 0.2) is 0 Å². The van der Waals surface area contributed by atoms with E-state index in [0.29, 0.717) is 0 Å². The topological polar surface area (TPSA) is 18.5 Å². The highest BCUT2D eigenvalue weighted by molar-refractivity contribution is 4.50. The fourth-order valence-electron chi connectivity index (χ4n) is 3.26. The number of ether oxygens (including phenoxy) is 2. The average molecular weight is 357 g/mol. The van der Waals surface area contributed by atoms with Gasteiger partial charge in [-0.25, -0.2) is 0 Å². The maximum absolute atomic E-state index is 5.62. The summed E-state index contributed by atoms with van der Waals surface area (Å²) in [5, 5.41) is 0. The van der Waals surface area contributed by atoms with Crippen LogP contribution < -0.4 is 0 Å². The van der Waals surface area contributed by atoms with E-state index in [1.165, 1.54) is 103 Å². The molecule has 0 unspecified atom stereocenters. The predicted octanol–water partition coefficient (Wildman–Crippen LogP) is 7.69. The smallest absolute Gasteiger partial charge is 0.0487 e. The molecule has 0 aromatic heterocycles. The SMILES string of the molecule is CCCCCCCCCCCCCCCCCCOCCCOCC. The number of hydrogen-bond donors (Lipinski definition) is 0. The summed E-state index contributed by atoms with van der Waals surface area (Å²) >= 11 is 0. The van der Waals surface area contributed by atoms with Crippen LogP contribution in [0, 0.1) is 0 Å². The van der Waals surface area contributed by atoms with E-state index in [2.05, 4.69) is 6.92 Å². The Labute approximate surface area is 159 Å². The van der Waals surface area contributed by atoms with Crippen molar-refractivity contribution in [1.82, 2.24) is 0 Å². The molecule has 0 fully saturated rings. The molecule has 0 saturated carbocycles. The van der Waals surface area contributed by atoms with Gasteiger partial charge in [-0.3, -0.25) is 0 Å². The molecule has 0 aromatic carbocycles. The van der Waals surface area contributed by atoms with Gasteiger partial charge in [-0.05, 0) is 19.8 Å². The predicted molar refractivity (Wildman–Crippen MR) is 111 cm³/mol. The quantitative estimate of drug-likeness (QED) is 0.185. The van der Waals surface area contributed by atoms with E-state index in [0.717, 1.165) is 32.8 Å². The van der Waals surface area contributed by atoms with Crippen molar-refractivity contribution >= 4 is 0 Å². The van der Waals surface area contributed by atoms with Crippen LogP contribution in [-0.2, 0) is 9.47 Å². The maximum Gasteiger partial charge on any atom is 0.0487 e. The van der Waals surface area contributed by atoms with Gasteiger partial charge < -0.3 is 9.47 Å². The van der Waals surface area contributed by atoms with Crippen LogP contribution in [0.1, 0.15) is 123 Å². The Hall–Kier alpha value is -0.0800. The normalized spacial score (nSPS) is 11.3. The van der Waals surface area contributed by atoms with Crippen molar-refractivity contribution in [3.8, 4) is 0 Å². The fraction of sp³-hybridized carbons (Fsp3) is 1.00. The van der Waals surface area contributed by atoms with E-state index in [1.807, 2.05) is 6.92 Å².